The topological polar surface area (TPSA) is 106 Å². The summed E-state index contributed by atoms with van der Waals surface area (Å²) in [5, 5.41) is 14.1. The fraction of sp³-hybridized carbons (Fsp3) is 0.0455. The van der Waals surface area contributed by atoms with Crippen LogP contribution in [0.15, 0.2) is 75.4 Å². The summed E-state index contributed by atoms with van der Waals surface area (Å²) in [6.45, 7) is 0. The third-order valence-corrected chi connectivity index (χ3v) is 8.23. The van der Waals surface area contributed by atoms with E-state index in [2.05, 4.69) is 5.32 Å². The minimum Gasteiger partial charge on any atom is -0.320 e. The number of amides is 1. The monoisotopic (exact) mass is 520 g/mol. The van der Waals surface area contributed by atoms with Crippen molar-refractivity contribution >= 4 is 68.2 Å². The van der Waals surface area contributed by atoms with Crippen molar-refractivity contribution in [3.8, 4) is 0 Å². The maximum absolute atomic E-state index is 13.0. The van der Waals surface area contributed by atoms with Crippen LogP contribution in [0.5, 0.6) is 0 Å². The van der Waals surface area contributed by atoms with Crippen molar-refractivity contribution in [2.45, 2.75) is 15.5 Å². The number of carbonyl (C=O) groups excluding carboxylic acids is 1. The van der Waals surface area contributed by atoms with Crippen LogP contribution in [-0.4, -0.2) is 19.2 Å². The van der Waals surface area contributed by atoms with Gasteiger partial charge in [-0.2, -0.15) is 0 Å². The zero-order valence-electron chi connectivity index (χ0n) is 16.6. The first-order chi connectivity index (χ1) is 15.6. The number of non-ortho nitro benzene ring substituents is 1. The smallest absolute Gasteiger partial charge is 0.269 e. The lowest BCUT2D eigenvalue weighted by atomic mass is 10.2. The quantitative estimate of drug-likeness (QED) is 0.252. The number of hydrogen-bond acceptors (Lipinski definition) is 6. The summed E-state index contributed by atoms with van der Waals surface area (Å²) in [6, 6.07) is 15.0. The highest BCUT2D eigenvalue weighted by Gasteiger charge is 2.25. The molecule has 0 saturated carbocycles. The average molecular weight is 521 g/mol. The van der Waals surface area contributed by atoms with Crippen molar-refractivity contribution in [3.63, 3.8) is 0 Å². The molecule has 33 heavy (non-hydrogen) atoms. The lowest BCUT2D eigenvalue weighted by Gasteiger charge is -2.19. The van der Waals surface area contributed by atoms with Gasteiger partial charge in [0.05, 0.1) is 26.2 Å². The predicted octanol–water partition coefficient (Wildman–Crippen LogP) is 5.96. The number of carbonyl (C=O) groups is 1. The Kier molecular flexibility index (Phi) is 6.49. The molecule has 0 aliphatic carbocycles. The van der Waals surface area contributed by atoms with E-state index in [0.717, 1.165) is 11.8 Å². The minimum atomic E-state index is -3.77. The first-order valence-electron chi connectivity index (χ1n) is 9.39. The van der Waals surface area contributed by atoms with E-state index in [-0.39, 0.29) is 32.3 Å². The number of halogens is 2. The Morgan fingerprint density at radius 3 is 2.33 bits per heavy atom. The number of nitro benzene ring substituents is 1. The number of rotatable bonds is 5. The molecular formula is C22H14Cl2N2O5S2. The van der Waals surface area contributed by atoms with E-state index < -0.39 is 14.8 Å². The summed E-state index contributed by atoms with van der Waals surface area (Å²) >= 11 is 13.4. The van der Waals surface area contributed by atoms with Crippen molar-refractivity contribution in [1.29, 1.82) is 0 Å². The zero-order chi connectivity index (χ0) is 23.8. The number of nitrogens with zero attached hydrogens (tertiary/aromatic N) is 1. The molecule has 0 unspecified atom stereocenters. The average Bonchev–Trinajstić information content (AvgIpc) is 2.77. The van der Waals surface area contributed by atoms with Gasteiger partial charge in [-0.05, 0) is 54.1 Å². The number of benzene rings is 3. The molecule has 0 atom stereocenters. The van der Waals surface area contributed by atoms with Gasteiger partial charge in [0, 0.05) is 32.6 Å². The van der Waals surface area contributed by atoms with Gasteiger partial charge in [0.2, 0.25) is 0 Å². The van der Waals surface area contributed by atoms with Crippen molar-refractivity contribution in [3.05, 3.63) is 96.9 Å². The standard InChI is InChI=1S/C22H14Cl2N2O5S2/c23-17-2-1-3-18(24)16(17)12-33(30,31)15-8-9-19-20(11-15)32-21(22(27)25-19)10-13-4-6-14(7-5-13)26(28)29/h1-11H,12H2,(H,25,27). The number of fused-ring (bicyclic) bond motifs is 1. The van der Waals surface area contributed by atoms with Crippen molar-refractivity contribution in [1.82, 2.24) is 0 Å². The molecular weight excluding hydrogens is 507 g/mol. The Morgan fingerprint density at radius 1 is 1.03 bits per heavy atom. The highest BCUT2D eigenvalue weighted by Crippen LogP contribution is 2.40. The lowest BCUT2D eigenvalue weighted by molar-refractivity contribution is -0.384. The van der Waals surface area contributed by atoms with E-state index >= 15 is 0 Å². The van der Waals surface area contributed by atoms with Gasteiger partial charge < -0.3 is 5.32 Å². The number of sulfone groups is 1. The van der Waals surface area contributed by atoms with Crippen molar-refractivity contribution in [2.24, 2.45) is 0 Å². The Labute approximate surface area is 203 Å². The van der Waals surface area contributed by atoms with E-state index in [9.17, 15) is 23.3 Å². The SMILES string of the molecule is O=C1Nc2ccc(S(=O)(=O)Cc3c(Cl)cccc3Cl)cc2SC1=Cc1ccc([N+](=O)[O-])cc1. The zero-order valence-corrected chi connectivity index (χ0v) is 19.8. The van der Waals surface area contributed by atoms with Crippen LogP contribution in [0.25, 0.3) is 6.08 Å². The molecule has 0 fully saturated rings. The predicted molar refractivity (Wildman–Crippen MR) is 129 cm³/mol. The maximum Gasteiger partial charge on any atom is 0.269 e. The molecule has 0 saturated heterocycles. The van der Waals surface area contributed by atoms with Crippen LogP contribution < -0.4 is 5.32 Å². The second-order valence-electron chi connectivity index (χ2n) is 7.03. The molecule has 1 aliphatic heterocycles. The fourth-order valence-electron chi connectivity index (χ4n) is 3.11. The van der Waals surface area contributed by atoms with Crippen LogP contribution >= 0.6 is 35.0 Å². The van der Waals surface area contributed by atoms with Crippen LogP contribution in [0.4, 0.5) is 11.4 Å². The number of anilines is 1. The van der Waals surface area contributed by atoms with Crippen molar-refractivity contribution < 1.29 is 18.1 Å². The van der Waals surface area contributed by atoms with E-state index in [1.54, 1.807) is 24.3 Å². The molecule has 11 heteroatoms. The van der Waals surface area contributed by atoms with Crippen LogP contribution in [0.3, 0.4) is 0 Å². The molecule has 3 aromatic carbocycles. The first kappa shape index (κ1) is 23.3. The molecule has 1 heterocycles. The molecule has 0 spiro atoms. The number of nitrogens with one attached hydrogen (secondary N) is 1. The van der Waals surface area contributed by atoms with Gasteiger partial charge in [-0.25, -0.2) is 8.42 Å². The normalized spacial score (nSPS) is 14.6. The molecule has 1 amide bonds. The van der Waals surface area contributed by atoms with E-state index in [1.807, 2.05) is 0 Å². The second-order valence-corrected chi connectivity index (χ2v) is 10.9. The summed E-state index contributed by atoms with van der Waals surface area (Å²) in [5.74, 6) is -0.725. The largest absolute Gasteiger partial charge is 0.320 e. The lowest BCUT2D eigenvalue weighted by Crippen LogP contribution is -2.17. The summed E-state index contributed by atoms with van der Waals surface area (Å²) in [6.07, 6.45) is 1.58. The Balaban J connectivity index is 1.63. The first-order valence-corrected chi connectivity index (χ1v) is 12.6. The Bertz CT molecular complexity index is 1400. The number of thioether (sulfide) groups is 1. The minimum absolute atomic E-state index is 0.0586. The van der Waals surface area contributed by atoms with Gasteiger partial charge >= 0.3 is 0 Å². The van der Waals surface area contributed by atoms with Gasteiger partial charge in [-0.3, -0.25) is 14.9 Å². The molecule has 0 radical (unpaired) electrons. The van der Waals surface area contributed by atoms with Crippen LogP contribution in [0, 0.1) is 10.1 Å². The maximum atomic E-state index is 13.0. The van der Waals surface area contributed by atoms with Crippen molar-refractivity contribution in [2.75, 3.05) is 5.32 Å². The molecule has 3 aromatic rings. The summed E-state index contributed by atoms with van der Waals surface area (Å²) in [7, 11) is -3.77. The third-order valence-electron chi connectivity index (χ3n) is 4.80. The molecule has 1 N–H and O–H groups in total. The van der Waals surface area contributed by atoms with Crippen LogP contribution in [0.1, 0.15) is 11.1 Å². The summed E-state index contributed by atoms with van der Waals surface area (Å²) in [5.41, 5.74) is 1.34. The van der Waals surface area contributed by atoms with Gasteiger partial charge in [0.15, 0.2) is 9.84 Å². The van der Waals surface area contributed by atoms with Crippen LogP contribution in [-0.2, 0) is 20.4 Å². The number of nitro groups is 1. The van der Waals surface area contributed by atoms with Crippen LogP contribution in [0.2, 0.25) is 10.0 Å². The Hall–Kier alpha value is -2.85. The molecule has 168 valence electrons. The van der Waals surface area contributed by atoms with Gasteiger partial charge in [0.1, 0.15) is 0 Å². The molecule has 4 rings (SSSR count). The fourth-order valence-corrected chi connectivity index (χ4v) is 6.30. The molecule has 0 aromatic heterocycles. The van der Waals surface area contributed by atoms with Gasteiger partial charge in [-0.1, -0.05) is 41.0 Å². The van der Waals surface area contributed by atoms with E-state index in [1.165, 1.54) is 42.5 Å². The van der Waals surface area contributed by atoms with Gasteiger partial charge in [0.25, 0.3) is 11.6 Å². The molecule has 7 nitrogen and oxygen atoms in total. The summed E-state index contributed by atoms with van der Waals surface area (Å²) < 4.78 is 26.1. The number of hydrogen-bond donors (Lipinski definition) is 1. The third kappa shape index (κ3) is 5.06. The highest BCUT2D eigenvalue weighted by molar-refractivity contribution is 8.04. The Morgan fingerprint density at radius 2 is 1.70 bits per heavy atom. The molecule has 0 bridgehead atoms. The van der Waals surface area contributed by atoms with E-state index in [0.29, 0.717) is 26.6 Å². The highest BCUT2D eigenvalue weighted by atomic mass is 35.5. The summed E-state index contributed by atoms with van der Waals surface area (Å²) in [4.78, 5) is 23.7. The molecule has 1 aliphatic rings. The second kappa shape index (κ2) is 9.18. The van der Waals surface area contributed by atoms with Gasteiger partial charge in [-0.15, -0.1) is 0 Å². The van der Waals surface area contributed by atoms with E-state index in [4.69, 9.17) is 23.2 Å².